The summed E-state index contributed by atoms with van der Waals surface area (Å²) in [6.07, 6.45) is 0.850. The molecule has 0 fully saturated rings. The maximum atomic E-state index is 12.3. The fourth-order valence-corrected chi connectivity index (χ4v) is 4.53. The third-order valence-electron chi connectivity index (χ3n) is 2.72. The minimum absolute atomic E-state index is 0.352. The second kappa shape index (κ2) is 7.36. The summed E-state index contributed by atoms with van der Waals surface area (Å²) in [6, 6.07) is 4.04. The van der Waals surface area contributed by atoms with Gasteiger partial charge in [0.25, 0.3) is 10.0 Å². The highest BCUT2D eigenvalue weighted by atomic mass is 32.2. The van der Waals surface area contributed by atoms with Crippen LogP contribution in [0.5, 0.6) is 0 Å². The molecule has 114 valence electrons. The van der Waals surface area contributed by atoms with E-state index in [0.29, 0.717) is 16.8 Å². The van der Waals surface area contributed by atoms with Gasteiger partial charge >= 0.3 is 0 Å². The van der Waals surface area contributed by atoms with Crippen LogP contribution < -0.4 is 5.32 Å². The average molecular weight is 316 g/mol. The molecule has 0 saturated heterocycles. The normalized spacial score (nSPS) is 12.3. The quantitative estimate of drug-likeness (QED) is 0.750. The molecule has 1 N–H and O–H groups in total. The smallest absolute Gasteiger partial charge is 0.252 e. The Kier molecular flexibility index (Phi) is 6.39. The molecule has 0 atom stereocenters. The molecule has 1 aromatic rings. The average Bonchev–Trinajstić information content (AvgIpc) is 2.76. The van der Waals surface area contributed by atoms with Crippen molar-refractivity contribution in [3.63, 3.8) is 0 Å². The molecule has 4 nitrogen and oxygen atoms in total. The van der Waals surface area contributed by atoms with Gasteiger partial charge in [-0.05, 0) is 25.5 Å². The predicted molar refractivity (Wildman–Crippen MR) is 85.8 cm³/mol. The molecule has 1 aromatic heterocycles. The van der Waals surface area contributed by atoms with E-state index in [1.54, 1.807) is 13.1 Å². The monoisotopic (exact) mass is 316 g/mol. The molecule has 20 heavy (non-hydrogen) atoms. The first-order valence-corrected chi connectivity index (χ1v) is 8.92. The van der Waals surface area contributed by atoms with Gasteiger partial charge in [0, 0.05) is 31.1 Å². The van der Waals surface area contributed by atoms with Crippen molar-refractivity contribution in [1.29, 1.82) is 0 Å². The molecular formula is C14H24N2O2S2. The number of likely N-dealkylation sites (N-methyl/N-ethyl adjacent to an activating group) is 1. The highest BCUT2D eigenvalue weighted by Gasteiger charge is 2.22. The van der Waals surface area contributed by atoms with Gasteiger partial charge in [0.2, 0.25) is 0 Å². The fraction of sp³-hybridized carbons (Fsp3) is 0.571. The van der Waals surface area contributed by atoms with Crippen LogP contribution in [0.1, 0.15) is 25.6 Å². The van der Waals surface area contributed by atoms with Crippen molar-refractivity contribution in [1.82, 2.24) is 9.62 Å². The van der Waals surface area contributed by atoms with Gasteiger partial charge in [-0.15, -0.1) is 11.3 Å². The van der Waals surface area contributed by atoms with Gasteiger partial charge in [0.15, 0.2) is 0 Å². The van der Waals surface area contributed by atoms with Gasteiger partial charge in [-0.2, -0.15) is 4.31 Å². The first-order chi connectivity index (χ1) is 9.23. The van der Waals surface area contributed by atoms with Crippen LogP contribution in [0.25, 0.3) is 0 Å². The van der Waals surface area contributed by atoms with E-state index in [9.17, 15) is 8.42 Å². The summed E-state index contributed by atoms with van der Waals surface area (Å²) in [6.45, 7) is 11.0. The first kappa shape index (κ1) is 17.4. The third-order valence-corrected chi connectivity index (χ3v) is 6.13. The number of sulfonamides is 1. The van der Waals surface area contributed by atoms with E-state index in [1.165, 1.54) is 15.6 Å². The van der Waals surface area contributed by atoms with E-state index in [1.807, 2.05) is 13.0 Å². The Hall–Kier alpha value is -0.690. The summed E-state index contributed by atoms with van der Waals surface area (Å²) >= 11 is 1.35. The summed E-state index contributed by atoms with van der Waals surface area (Å²) in [5.41, 5.74) is 0.828. The Labute approximate surface area is 126 Å². The molecule has 1 rings (SSSR count). The van der Waals surface area contributed by atoms with E-state index in [-0.39, 0.29) is 0 Å². The van der Waals surface area contributed by atoms with E-state index in [4.69, 9.17) is 0 Å². The maximum Gasteiger partial charge on any atom is 0.252 e. The Bertz CT molecular complexity index is 547. The van der Waals surface area contributed by atoms with Crippen LogP contribution >= 0.6 is 11.3 Å². The van der Waals surface area contributed by atoms with E-state index in [2.05, 4.69) is 25.7 Å². The summed E-state index contributed by atoms with van der Waals surface area (Å²) in [5, 5.41) is 3.33. The minimum Gasteiger partial charge on any atom is -0.314 e. The lowest BCUT2D eigenvalue weighted by Crippen LogP contribution is -2.27. The summed E-state index contributed by atoms with van der Waals surface area (Å²) in [4.78, 5) is 1.08. The Morgan fingerprint density at radius 1 is 1.45 bits per heavy atom. The lowest BCUT2D eigenvalue weighted by molar-refractivity contribution is 0.495. The van der Waals surface area contributed by atoms with Crippen LogP contribution in [-0.2, 0) is 16.4 Å². The molecule has 0 saturated carbocycles. The largest absolute Gasteiger partial charge is 0.314 e. The van der Waals surface area contributed by atoms with Gasteiger partial charge < -0.3 is 5.32 Å². The van der Waals surface area contributed by atoms with Crippen LogP contribution in [-0.4, -0.2) is 38.9 Å². The van der Waals surface area contributed by atoms with Crippen molar-refractivity contribution in [3.05, 3.63) is 29.2 Å². The van der Waals surface area contributed by atoms with Crippen LogP contribution in [0.2, 0.25) is 0 Å². The van der Waals surface area contributed by atoms with Crippen LogP contribution in [0.15, 0.2) is 28.5 Å². The lowest BCUT2D eigenvalue weighted by atomic mass is 10.3. The van der Waals surface area contributed by atoms with Crippen molar-refractivity contribution in [2.75, 3.05) is 20.1 Å². The molecule has 0 aliphatic heterocycles. The van der Waals surface area contributed by atoms with Crippen molar-refractivity contribution >= 4 is 21.4 Å². The zero-order valence-electron chi connectivity index (χ0n) is 12.6. The molecule has 0 unspecified atom stereocenters. The molecule has 0 aliphatic rings. The van der Waals surface area contributed by atoms with E-state index >= 15 is 0 Å². The zero-order chi connectivity index (χ0) is 15.3. The van der Waals surface area contributed by atoms with Crippen molar-refractivity contribution in [2.45, 2.75) is 37.4 Å². The molecule has 0 bridgehead atoms. The lowest BCUT2D eigenvalue weighted by Gasteiger charge is -2.15. The predicted octanol–water partition coefficient (Wildman–Crippen LogP) is 2.49. The Morgan fingerprint density at radius 2 is 2.10 bits per heavy atom. The van der Waals surface area contributed by atoms with Gasteiger partial charge in [-0.3, -0.25) is 0 Å². The highest BCUT2D eigenvalue weighted by molar-refractivity contribution is 7.91. The highest BCUT2D eigenvalue weighted by Crippen LogP contribution is 2.24. The van der Waals surface area contributed by atoms with Crippen LogP contribution in [0.4, 0.5) is 0 Å². The summed E-state index contributed by atoms with van der Waals surface area (Å²) in [7, 11) is -1.80. The molecular weight excluding hydrogens is 292 g/mol. The number of rotatable bonds is 8. The summed E-state index contributed by atoms with van der Waals surface area (Å²) in [5.74, 6) is 0. The SMILES string of the molecule is C=C(C)CN(C)S(=O)(=O)c1ccc(CCNC(C)C)s1. The van der Waals surface area contributed by atoms with Crippen molar-refractivity contribution < 1.29 is 8.42 Å². The topological polar surface area (TPSA) is 49.4 Å². The van der Waals surface area contributed by atoms with Crippen molar-refractivity contribution in [2.24, 2.45) is 0 Å². The maximum absolute atomic E-state index is 12.3. The number of hydrogen-bond donors (Lipinski definition) is 1. The second-order valence-electron chi connectivity index (χ2n) is 5.30. The molecule has 0 amide bonds. The standard InChI is InChI=1S/C14H24N2O2S2/c1-11(2)10-16(5)20(17,18)14-7-6-13(19-14)8-9-15-12(3)4/h6-7,12,15H,1,8-10H2,2-5H3. The Morgan fingerprint density at radius 3 is 2.65 bits per heavy atom. The molecule has 0 radical (unpaired) electrons. The van der Waals surface area contributed by atoms with E-state index in [0.717, 1.165) is 23.4 Å². The van der Waals surface area contributed by atoms with E-state index < -0.39 is 10.0 Å². The third kappa shape index (κ3) is 5.01. The van der Waals surface area contributed by atoms with Crippen LogP contribution in [0, 0.1) is 0 Å². The van der Waals surface area contributed by atoms with Gasteiger partial charge in [-0.1, -0.05) is 26.0 Å². The van der Waals surface area contributed by atoms with Crippen LogP contribution in [0.3, 0.4) is 0 Å². The van der Waals surface area contributed by atoms with Gasteiger partial charge in [0.1, 0.15) is 4.21 Å². The zero-order valence-corrected chi connectivity index (χ0v) is 14.3. The number of nitrogens with zero attached hydrogens (tertiary/aromatic N) is 1. The van der Waals surface area contributed by atoms with Crippen molar-refractivity contribution in [3.8, 4) is 0 Å². The molecule has 0 aliphatic carbocycles. The minimum atomic E-state index is -3.38. The Balaban J connectivity index is 2.72. The summed E-state index contributed by atoms with van der Waals surface area (Å²) < 4.78 is 26.4. The van der Waals surface area contributed by atoms with Gasteiger partial charge in [-0.25, -0.2) is 8.42 Å². The second-order valence-corrected chi connectivity index (χ2v) is 8.74. The van der Waals surface area contributed by atoms with Gasteiger partial charge in [0.05, 0.1) is 0 Å². The molecule has 1 heterocycles. The first-order valence-electron chi connectivity index (χ1n) is 6.66. The molecule has 0 aromatic carbocycles. The molecule has 6 heteroatoms. The number of nitrogens with one attached hydrogen (secondary N) is 1. The number of hydrogen-bond acceptors (Lipinski definition) is 4. The fourth-order valence-electron chi connectivity index (χ4n) is 1.73. The number of thiophene rings is 1. The molecule has 0 spiro atoms.